The smallest absolute Gasteiger partial charge is 0.253 e. The van der Waals surface area contributed by atoms with E-state index in [0.29, 0.717) is 35.3 Å². The zero-order valence-corrected chi connectivity index (χ0v) is 15.2. The number of nitrogen functional groups attached to an aromatic ring is 1. The number of likely N-dealkylation sites (tertiary alicyclic amines) is 1. The first kappa shape index (κ1) is 18.7. The first-order chi connectivity index (χ1) is 13.0. The van der Waals surface area contributed by atoms with Crippen molar-refractivity contribution >= 4 is 40.9 Å². The Bertz CT molecular complexity index is 871. The van der Waals surface area contributed by atoms with Crippen molar-refractivity contribution in [1.82, 2.24) is 14.9 Å². The topological polar surface area (TPSA) is 113 Å². The molecular formula is C18H19ClN6O2. The van der Waals surface area contributed by atoms with Crippen LogP contribution in [-0.4, -0.2) is 45.8 Å². The molecule has 1 atom stereocenters. The van der Waals surface area contributed by atoms with Gasteiger partial charge in [0.15, 0.2) is 0 Å². The quantitative estimate of drug-likeness (QED) is 0.678. The van der Waals surface area contributed by atoms with Crippen LogP contribution < -0.4 is 16.4 Å². The summed E-state index contributed by atoms with van der Waals surface area (Å²) >= 11 is 5.82. The molecule has 1 saturated heterocycles. The van der Waals surface area contributed by atoms with Crippen molar-refractivity contribution in [2.45, 2.75) is 12.5 Å². The summed E-state index contributed by atoms with van der Waals surface area (Å²) in [5, 5.41) is 6.12. The second kappa shape index (κ2) is 8.05. The molecular weight excluding hydrogens is 368 g/mol. The van der Waals surface area contributed by atoms with Crippen LogP contribution in [0.5, 0.6) is 0 Å². The van der Waals surface area contributed by atoms with Crippen molar-refractivity contribution in [1.29, 1.82) is 0 Å². The van der Waals surface area contributed by atoms with E-state index in [2.05, 4.69) is 27.2 Å². The van der Waals surface area contributed by atoms with Crippen LogP contribution in [0.15, 0.2) is 43.1 Å². The Morgan fingerprint density at radius 3 is 2.74 bits per heavy atom. The largest absolute Gasteiger partial charge is 0.382 e. The Kier molecular flexibility index (Phi) is 5.56. The number of carbonyl (C=O) groups is 2. The molecule has 9 heteroatoms. The summed E-state index contributed by atoms with van der Waals surface area (Å²) in [6.07, 6.45) is 3.40. The Labute approximate surface area is 161 Å². The molecule has 1 aliphatic rings. The fourth-order valence-electron chi connectivity index (χ4n) is 2.77. The molecule has 2 amide bonds. The Hall–Kier alpha value is -3.13. The molecule has 0 bridgehead atoms. The van der Waals surface area contributed by atoms with Crippen LogP contribution in [0.4, 0.5) is 17.5 Å². The molecule has 0 unspecified atom stereocenters. The number of rotatable bonds is 5. The van der Waals surface area contributed by atoms with Gasteiger partial charge in [0.2, 0.25) is 11.9 Å². The third-order valence-electron chi connectivity index (χ3n) is 4.16. The van der Waals surface area contributed by atoms with Gasteiger partial charge in [0.25, 0.3) is 5.91 Å². The van der Waals surface area contributed by atoms with Crippen LogP contribution in [0.2, 0.25) is 5.02 Å². The monoisotopic (exact) mass is 386 g/mol. The van der Waals surface area contributed by atoms with E-state index in [1.165, 1.54) is 12.3 Å². The van der Waals surface area contributed by atoms with Gasteiger partial charge in [-0.05, 0) is 36.8 Å². The minimum Gasteiger partial charge on any atom is -0.382 e. The van der Waals surface area contributed by atoms with E-state index >= 15 is 0 Å². The average molecular weight is 387 g/mol. The van der Waals surface area contributed by atoms with Gasteiger partial charge in [0.1, 0.15) is 10.8 Å². The molecule has 0 spiro atoms. The number of anilines is 3. The predicted molar refractivity (Wildman–Crippen MR) is 105 cm³/mol. The molecule has 0 aliphatic carbocycles. The predicted octanol–water partition coefficient (Wildman–Crippen LogP) is 2.16. The number of amides is 2. The van der Waals surface area contributed by atoms with Crippen molar-refractivity contribution in [2.75, 3.05) is 29.5 Å². The molecule has 3 rings (SSSR count). The van der Waals surface area contributed by atoms with Crippen LogP contribution >= 0.6 is 11.6 Å². The first-order valence-corrected chi connectivity index (χ1v) is 8.71. The molecule has 1 aromatic heterocycles. The highest BCUT2D eigenvalue weighted by molar-refractivity contribution is 6.32. The first-order valence-electron chi connectivity index (χ1n) is 8.33. The SMILES string of the molecule is C=CC(=O)Nc1ccc(C(=O)N2CC[C@@H](Nc3ncc(Cl)c(N)n3)C2)cc1. The third-order valence-corrected chi connectivity index (χ3v) is 4.46. The van der Waals surface area contributed by atoms with Crippen LogP contribution in [-0.2, 0) is 4.79 Å². The lowest BCUT2D eigenvalue weighted by Crippen LogP contribution is -2.31. The van der Waals surface area contributed by atoms with Gasteiger partial charge in [-0.3, -0.25) is 9.59 Å². The van der Waals surface area contributed by atoms with Crippen molar-refractivity contribution < 1.29 is 9.59 Å². The molecule has 27 heavy (non-hydrogen) atoms. The molecule has 2 aromatic rings. The fourth-order valence-corrected chi connectivity index (χ4v) is 2.86. The average Bonchev–Trinajstić information content (AvgIpc) is 3.13. The maximum Gasteiger partial charge on any atom is 0.253 e. The molecule has 0 radical (unpaired) electrons. The standard InChI is InChI=1S/C18H19ClN6O2/c1-2-15(26)22-12-5-3-11(4-6-12)17(27)25-8-7-13(10-25)23-18-21-9-14(19)16(20)24-18/h2-6,9,13H,1,7-8,10H2,(H,22,26)(H3,20,21,23,24)/t13-/m1/s1. The number of halogens is 1. The Morgan fingerprint density at radius 2 is 2.07 bits per heavy atom. The number of aromatic nitrogens is 2. The Balaban J connectivity index is 1.59. The van der Waals surface area contributed by atoms with Crippen LogP contribution in [0.25, 0.3) is 0 Å². The molecule has 1 aromatic carbocycles. The van der Waals surface area contributed by atoms with Crippen LogP contribution in [0.3, 0.4) is 0 Å². The number of nitrogens with two attached hydrogens (primary N) is 1. The summed E-state index contributed by atoms with van der Waals surface area (Å²) in [6, 6.07) is 6.77. The molecule has 2 heterocycles. The normalized spacial score (nSPS) is 16.0. The number of hydrogen-bond donors (Lipinski definition) is 3. The number of nitrogens with one attached hydrogen (secondary N) is 2. The van der Waals surface area contributed by atoms with Gasteiger partial charge >= 0.3 is 0 Å². The van der Waals surface area contributed by atoms with E-state index in [0.717, 1.165) is 6.42 Å². The lowest BCUT2D eigenvalue weighted by Gasteiger charge is -2.17. The number of carbonyl (C=O) groups excluding carboxylic acids is 2. The lowest BCUT2D eigenvalue weighted by atomic mass is 10.2. The van der Waals surface area contributed by atoms with Crippen molar-refractivity contribution in [3.05, 3.63) is 53.7 Å². The van der Waals surface area contributed by atoms with Crippen LogP contribution in [0, 0.1) is 0 Å². The third kappa shape index (κ3) is 4.53. The molecule has 140 valence electrons. The van der Waals surface area contributed by atoms with Crippen molar-refractivity contribution in [2.24, 2.45) is 0 Å². The summed E-state index contributed by atoms with van der Waals surface area (Å²) in [6.45, 7) is 4.55. The maximum atomic E-state index is 12.7. The van der Waals surface area contributed by atoms with Gasteiger partial charge in [0, 0.05) is 30.4 Å². The highest BCUT2D eigenvalue weighted by atomic mass is 35.5. The summed E-state index contributed by atoms with van der Waals surface area (Å²) in [7, 11) is 0. The number of hydrogen-bond acceptors (Lipinski definition) is 6. The zero-order chi connectivity index (χ0) is 19.4. The summed E-state index contributed by atoms with van der Waals surface area (Å²) in [4.78, 5) is 33.9. The minimum atomic E-state index is -0.299. The van der Waals surface area contributed by atoms with E-state index < -0.39 is 0 Å². The van der Waals surface area contributed by atoms with E-state index in [9.17, 15) is 9.59 Å². The molecule has 1 fully saturated rings. The Morgan fingerprint density at radius 1 is 1.33 bits per heavy atom. The summed E-state index contributed by atoms with van der Waals surface area (Å²) in [5.74, 6) is 0.229. The number of benzene rings is 1. The molecule has 8 nitrogen and oxygen atoms in total. The van der Waals surface area contributed by atoms with E-state index in [1.807, 2.05) is 0 Å². The maximum absolute atomic E-state index is 12.7. The second-order valence-corrected chi connectivity index (χ2v) is 6.49. The van der Waals surface area contributed by atoms with Crippen LogP contribution in [0.1, 0.15) is 16.8 Å². The van der Waals surface area contributed by atoms with Gasteiger partial charge in [0.05, 0.1) is 6.20 Å². The lowest BCUT2D eigenvalue weighted by molar-refractivity contribution is -0.111. The van der Waals surface area contributed by atoms with Crippen molar-refractivity contribution in [3.63, 3.8) is 0 Å². The summed E-state index contributed by atoms with van der Waals surface area (Å²) in [5.41, 5.74) is 6.84. The highest BCUT2D eigenvalue weighted by Crippen LogP contribution is 2.20. The van der Waals surface area contributed by atoms with E-state index in [-0.39, 0.29) is 23.7 Å². The zero-order valence-electron chi connectivity index (χ0n) is 14.5. The molecule has 1 aliphatic heterocycles. The van der Waals surface area contributed by atoms with Gasteiger partial charge in [-0.2, -0.15) is 4.98 Å². The fraction of sp³-hybridized carbons (Fsp3) is 0.222. The van der Waals surface area contributed by atoms with Gasteiger partial charge in [-0.25, -0.2) is 4.98 Å². The van der Waals surface area contributed by atoms with E-state index in [1.54, 1.807) is 29.2 Å². The second-order valence-electron chi connectivity index (χ2n) is 6.08. The number of nitrogens with zero attached hydrogens (tertiary/aromatic N) is 3. The van der Waals surface area contributed by atoms with E-state index in [4.69, 9.17) is 17.3 Å². The van der Waals surface area contributed by atoms with Gasteiger partial charge < -0.3 is 21.3 Å². The van der Waals surface area contributed by atoms with Crippen molar-refractivity contribution in [3.8, 4) is 0 Å². The minimum absolute atomic E-state index is 0.0284. The highest BCUT2D eigenvalue weighted by Gasteiger charge is 2.27. The molecule has 0 saturated carbocycles. The summed E-state index contributed by atoms with van der Waals surface area (Å²) < 4.78 is 0. The van der Waals surface area contributed by atoms with Gasteiger partial charge in [-0.1, -0.05) is 18.2 Å². The van der Waals surface area contributed by atoms with Gasteiger partial charge in [-0.15, -0.1) is 0 Å². The molecule has 4 N–H and O–H groups in total.